The lowest BCUT2D eigenvalue weighted by Crippen LogP contribution is -2.19. The number of nitrogen functional groups attached to an aromatic ring is 1. The Bertz CT molecular complexity index is 654. The number of hydrogen-bond acceptors (Lipinski definition) is 4. The molecule has 0 saturated heterocycles. The molecule has 0 bridgehead atoms. The summed E-state index contributed by atoms with van der Waals surface area (Å²) >= 11 is 0. The van der Waals surface area contributed by atoms with Gasteiger partial charge in [0.15, 0.2) is 0 Å². The van der Waals surface area contributed by atoms with Gasteiger partial charge in [0.25, 0.3) is 0 Å². The first kappa shape index (κ1) is 12.7. The van der Waals surface area contributed by atoms with Crippen LogP contribution in [-0.4, -0.2) is 9.97 Å². The predicted octanol–water partition coefficient (Wildman–Crippen LogP) is 2.60. The van der Waals surface area contributed by atoms with Gasteiger partial charge in [-0.25, -0.2) is 9.97 Å². The quantitative estimate of drug-likeness (QED) is 0.816. The molecule has 2 heterocycles. The van der Waals surface area contributed by atoms with E-state index in [1.165, 1.54) is 0 Å². The van der Waals surface area contributed by atoms with Gasteiger partial charge in [0.1, 0.15) is 5.69 Å². The van der Waals surface area contributed by atoms with Gasteiger partial charge in [-0.15, -0.1) is 0 Å². The molecule has 4 nitrogen and oxygen atoms in total. The largest absolute Gasteiger partial charge is 0.433 e. The van der Waals surface area contributed by atoms with Gasteiger partial charge in [-0.2, -0.15) is 13.2 Å². The summed E-state index contributed by atoms with van der Waals surface area (Å²) in [5.41, 5.74) is 7.42. The van der Waals surface area contributed by atoms with Crippen molar-refractivity contribution >= 4 is 11.6 Å². The van der Waals surface area contributed by atoms with Crippen LogP contribution in [0.15, 0.2) is 30.5 Å². The fraction of sp³-hybridized carbons (Fsp3) is 0.231. The number of hydrogen-bond donors (Lipinski definition) is 1. The van der Waals surface area contributed by atoms with E-state index in [1.807, 2.05) is 12.1 Å². The van der Waals surface area contributed by atoms with Crippen molar-refractivity contribution in [2.75, 3.05) is 10.6 Å². The molecule has 1 aromatic carbocycles. The maximum absolute atomic E-state index is 12.6. The molecule has 0 amide bonds. The smallest absolute Gasteiger partial charge is 0.399 e. The Hall–Kier alpha value is -2.31. The monoisotopic (exact) mass is 280 g/mol. The van der Waals surface area contributed by atoms with Crippen molar-refractivity contribution in [2.24, 2.45) is 0 Å². The van der Waals surface area contributed by atoms with Crippen molar-refractivity contribution in [1.29, 1.82) is 0 Å². The highest BCUT2D eigenvalue weighted by Gasteiger charge is 2.33. The number of benzene rings is 1. The van der Waals surface area contributed by atoms with Crippen molar-refractivity contribution in [1.82, 2.24) is 9.97 Å². The van der Waals surface area contributed by atoms with Crippen LogP contribution in [0.25, 0.3) is 0 Å². The Balaban J connectivity index is 1.89. The molecule has 0 unspecified atom stereocenters. The maximum atomic E-state index is 12.6. The van der Waals surface area contributed by atoms with Crippen LogP contribution in [-0.2, 0) is 19.3 Å². The number of aromatic nitrogens is 2. The number of nitrogens with two attached hydrogens (primary N) is 1. The van der Waals surface area contributed by atoms with Crippen molar-refractivity contribution in [3.05, 3.63) is 47.3 Å². The summed E-state index contributed by atoms with van der Waals surface area (Å²) in [6.45, 7) is 0.943. The van der Waals surface area contributed by atoms with Crippen LogP contribution < -0.4 is 10.6 Å². The summed E-state index contributed by atoms with van der Waals surface area (Å²) in [7, 11) is 0. The normalized spacial score (nSPS) is 14.4. The molecular weight excluding hydrogens is 269 g/mol. The van der Waals surface area contributed by atoms with E-state index < -0.39 is 11.9 Å². The lowest BCUT2D eigenvalue weighted by molar-refractivity contribution is -0.141. The SMILES string of the molecule is Nc1ccc2c(c1)CN(c1nccc(C(F)(F)F)n1)C2. The Morgan fingerprint density at radius 2 is 1.85 bits per heavy atom. The third kappa shape index (κ3) is 2.26. The van der Waals surface area contributed by atoms with Gasteiger partial charge in [-0.3, -0.25) is 0 Å². The number of alkyl halides is 3. The fourth-order valence-corrected chi connectivity index (χ4v) is 2.21. The Morgan fingerprint density at radius 3 is 2.60 bits per heavy atom. The van der Waals surface area contributed by atoms with E-state index >= 15 is 0 Å². The van der Waals surface area contributed by atoms with Gasteiger partial charge >= 0.3 is 6.18 Å². The van der Waals surface area contributed by atoms with E-state index in [4.69, 9.17) is 5.73 Å². The molecule has 1 aromatic heterocycles. The van der Waals surface area contributed by atoms with Gasteiger partial charge in [0.05, 0.1) is 0 Å². The minimum atomic E-state index is -4.46. The first-order chi connectivity index (χ1) is 9.43. The van der Waals surface area contributed by atoms with Gasteiger partial charge in [0.2, 0.25) is 5.95 Å². The third-order valence-electron chi connectivity index (χ3n) is 3.17. The highest BCUT2D eigenvalue weighted by atomic mass is 19.4. The van der Waals surface area contributed by atoms with Gasteiger partial charge in [0, 0.05) is 25.0 Å². The van der Waals surface area contributed by atoms with Crippen molar-refractivity contribution in [2.45, 2.75) is 19.3 Å². The van der Waals surface area contributed by atoms with Crippen LogP contribution in [0.1, 0.15) is 16.8 Å². The van der Waals surface area contributed by atoms with Crippen LogP contribution in [0.2, 0.25) is 0 Å². The summed E-state index contributed by atoms with van der Waals surface area (Å²) in [5, 5.41) is 0. The number of fused-ring (bicyclic) bond motifs is 1. The van der Waals surface area contributed by atoms with E-state index in [0.29, 0.717) is 18.8 Å². The molecule has 1 aliphatic rings. The molecule has 3 rings (SSSR count). The molecule has 20 heavy (non-hydrogen) atoms. The van der Waals surface area contributed by atoms with Crippen molar-refractivity contribution in [3.8, 4) is 0 Å². The number of rotatable bonds is 1. The molecule has 0 fully saturated rings. The van der Waals surface area contributed by atoms with Crippen LogP contribution in [0.4, 0.5) is 24.8 Å². The van der Waals surface area contributed by atoms with E-state index in [0.717, 1.165) is 23.4 Å². The molecule has 0 aliphatic carbocycles. The second-order valence-electron chi connectivity index (χ2n) is 4.62. The van der Waals surface area contributed by atoms with Crippen LogP contribution in [0, 0.1) is 0 Å². The molecule has 7 heteroatoms. The zero-order chi connectivity index (χ0) is 14.3. The minimum absolute atomic E-state index is 0.0783. The van der Waals surface area contributed by atoms with Crippen LogP contribution >= 0.6 is 0 Å². The summed E-state index contributed by atoms with van der Waals surface area (Å²) in [6.07, 6.45) is -3.34. The third-order valence-corrected chi connectivity index (χ3v) is 3.17. The second-order valence-corrected chi connectivity index (χ2v) is 4.62. The van der Waals surface area contributed by atoms with Gasteiger partial charge in [-0.1, -0.05) is 6.07 Å². The van der Waals surface area contributed by atoms with Gasteiger partial charge < -0.3 is 10.6 Å². The minimum Gasteiger partial charge on any atom is -0.399 e. The topological polar surface area (TPSA) is 55.0 Å². The standard InChI is InChI=1S/C13H11F3N4/c14-13(15,16)11-3-4-18-12(19-11)20-6-8-1-2-10(17)5-9(8)7-20/h1-5H,6-7,17H2. The molecular formula is C13H11F3N4. The lowest BCUT2D eigenvalue weighted by Gasteiger charge is -2.16. The zero-order valence-corrected chi connectivity index (χ0v) is 10.4. The maximum Gasteiger partial charge on any atom is 0.433 e. The number of halogens is 3. The predicted molar refractivity (Wildman–Crippen MR) is 67.8 cm³/mol. The summed E-state index contributed by atoms with van der Waals surface area (Å²) < 4.78 is 37.9. The molecule has 104 valence electrons. The van der Waals surface area contributed by atoms with Gasteiger partial charge in [-0.05, 0) is 29.3 Å². The molecule has 2 aromatic rings. The van der Waals surface area contributed by atoms with Crippen molar-refractivity contribution in [3.63, 3.8) is 0 Å². The molecule has 2 N–H and O–H groups in total. The van der Waals surface area contributed by atoms with E-state index in [-0.39, 0.29) is 5.95 Å². The Morgan fingerprint density at radius 1 is 1.10 bits per heavy atom. The number of anilines is 2. The summed E-state index contributed by atoms with van der Waals surface area (Å²) in [4.78, 5) is 9.21. The fourth-order valence-electron chi connectivity index (χ4n) is 2.21. The average molecular weight is 280 g/mol. The highest BCUT2D eigenvalue weighted by molar-refractivity contribution is 5.51. The molecule has 1 aliphatic heterocycles. The summed E-state index contributed by atoms with van der Waals surface area (Å²) in [5.74, 6) is 0.0783. The van der Waals surface area contributed by atoms with E-state index in [9.17, 15) is 13.2 Å². The van der Waals surface area contributed by atoms with E-state index in [2.05, 4.69) is 9.97 Å². The lowest BCUT2D eigenvalue weighted by atomic mass is 10.1. The summed E-state index contributed by atoms with van der Waals surface area (Å²) in [6, 6.07) is 6.33. The average Bonchev–Trinajstić information content (AvgIpc) is 2.81. The number of nitrogens with zero attached hydrogens (tertiary/aromatic N) is 3. The molecule has 0 spiro atoms. The van der Waals surface area contributed by atoms with Crippen LogP contribution in [0.3, 0.4) is 0 Å². The zero-order valence-electron chi connectivity index (χ0n) is 10.4. The second kappa shape index (κ2) is 4.36. The van der Waals surface area contributed by atoms with Crippen molar-refractivity contribution < 1.29 is 13.2 Å². The van der Waals surface area contributed by atoms with Crippen LogP contribution in [0.5, 0.6) is 0 Å². The molecule has 0 radical (unpaired) electrons. The Kier molecular flexibility index (Phi) is 2.77. The Labute approximate surface area is 113 Å². The first-order valence-electron chi connectivity index (χ1n) is 5.96. The first-order valence-corrected chi connectivity index (χ1v) is 5.96. The van der Waals surface area contributed by atoms with E-state index in [1.54, 1.807) is 11.0 Å². The molecule has 0 saturated carbocycles. The molecule has 0 atom stereocenters. The highest BCUT2D eigenvalue weighted by Crippen LogP contribution is 2.31.